The predicted octanol–water partition coefficient (Wildman–Crippen LogP) is 3.34. The lowest BCUT2D eigenvalue weighted by molar-refractivity contribution is -0.136. The summed E-state index contributed by atoms with van der Waals surface area (Å²) < 4.78 is 38.4. The highest BCUT2D eigenvalue weighted by molar-refractivity contribution is 5.90. The maximum absolute atomic E-state index is 12.8. The fourth-order valence-electron chi connectivity index (χ4n) is 1.88. The number of rotatable bonds is 6. The van der Waals surface area contributed by atoms with Crippen LogP contribution in [0.3, 0.4) is 0 Å². The summed E-state index contributed by atoms with van der Waals surface area (Å²) in [5.41, 5.74) is 4.39. The average Bonchev–Trinajstić information content (AvgIpc) is 2.42. The molecule has 0 radical (unpaired) electrons. The number of benzene rings is 1. The van der Waals surface area contributed by atoms with Gasteiger partial charge in [0.15, 0.2) is 0 Å². The van der Waals surface area contributed by atoms with Gasteiger partial charge in [0.1, 0.15) is 0 Å². The van der Waals surface area contributed by atoms with Gasteiger partial charge >= 0.3 is 12.2 Å². The molecule has 0 aliphatic heterocycles. The first-order valence-electron chi connectivity index (χ1n) is 6.82. The van der Waals surface area contributed by atoms with Crippen LogP contribution in [-0.4, -0.2) is 18.6 Å². The van der Waals surface area contributed by atoms with Crippen LogP contribution in [0.5, 0.6) is 0 Å². The lowest BCUT2D eigenvalue weighted by atomic mass is 10.1. The molecular formula is C14H20F3N3O. The molecule has 0 aromatic heterocycles. The van der Waals surface area contributed by atoms with E-state index in [-0.39, 0.29) is 18.3 Å². The number of carbonyl (C=O) groups excluding carboxylic acids is 1. The van der Waals surface area contributed by atoms with Crippen molar-refractivity contribution in [2.75, 3.05) is 11.9 Å². The summed E-state index contributed by atoms with van der Waals surface area (Å²) in [4.78, 5) is 11.8. The minimum atomic E-state index is -4.51. The molecule has 4 nitrogen and oxygen atoms in total. The molecule has 1 rings (SSSR count). The SMILES string of the molecule is CCCCC(CN)NC(=O)Nc1ccccc1C(F)(F)F. The zero-order chi connectivity index (χ0) is 15.9. The third-order valence-electron chi connectivity index (χ3n) is 3.01. The van der Waals surface area contributed by atoms with E-state index in [1.807, 2.05) is 6.92 Å². The molecule has 118 valence electrons. The Bertz CT molecular complexity index is 463. The van der Waals surface area contributed by atoms with Crippen molar-refractivity contribution in [1.29, 1.82) is 0 Å². The van der Waals surface area contributed by atoms with E-state index in [0.717, 1.165) is 18.9 Å². The second-order valence-electron chi connectivity index (χ2n) is 4.72. The number of hydrogen-bond donors (Lipinski definition) is 3. The van der Waals surface area contributed by atoms with Crippen LogP contribution in [0.25, 0.3) is 0 Å². The van der Waals surface area contributed by atoms with Crippen molar-refractivity contribution < 1.29 is 18.0 Å². The standard InChI is InChI=1S/C14H20F3N3O/c1-2-3-6-10(9-18)19-13(21)20-12-8-5-4-7-11(12)14(15,16)17/h4-5,7-8,10H,2-3,6,9,18H2,1H3,(H2,19,20,21). The van der Waals surface area contributed by atoms with Crippen LogP contribution in [0.2, 0.25) is 0 Å². The predicted molar refractivity (Wildman–Crippen MR) is 76.0 cm³/mol. The van der Waals surface area contributed by atoms with E-state index in [1.165, 1.54) is 18.2 Å². The molecular weight excluding hydrogens is 283 g/mol. The summed E-state index contributed by atoms with van der Waals surface area (Å²) in [5.74, 6) is 0. The lowest BCUT2D eigenvalue weighted by Crippen LogP contribution is -2.42. The minimum Gasteiger partial charge on any atom is -0.334 e. The molecule has 0 bridgehead atoms. The number of nitrogens with two attached hydrogens (primary N) is 1. The number of unbranched alkanes of at least 4 members (excludes halogenated alkanes) is 1. The Kier molecular flexibility index (Phi) is 6.48. The molecule has 0 spiro atoms. The monoisotopic (exact) mass is 303 g/mol. The highest BCUT2D eigenvalue weighted by Crippen LogP contribution is 2.34. The fourth-order valence-corrected chi connectivity index (χ4v) is 1.88. The molecule has 0 heterocycles. The molecule has 1 aromatic carbocycles. The first-order valence-corrected chi connectivity index (χ1v) is 6.82. The number of carbonyl (C=O) groups is 1. The largest absolute Gasteiger partial charge is 0.418 e. The minimum absolute atomic E-state index is 0.244. The van der Waals surface area contributed by atoms with Crippen molar-refractivity contribution in [1.82, 2.24) is 5.32 Å². The van der Waals surface area contributed by atoms with E-state index in [0.29, 0.717) is 6.42 Å². The van der Waals surface area contributed by atoms with Crippen molar-refractivity contribution >= 4 is 11.7 Å². The second kappa shape index (κ2) is 7.87. The Labute approximate surface area is 121 Å². The third kappa shape index (κ3) is 5.63. The number of nitrogens with one attached hydrogen (secondary N) is 2. The maximum Gasteiger partial charge on any atom is 0.418 e. The summed E-state index contributed by atoms with van der Waals surface area (Å²) in [6.07, 6.45) is -1.97. The van der Waals surface area contributed by atoms with Crippen molar-refractivity contribution in [2.45, 2.75) is 38.4 Å². The van der Waals surface area contributed by atoms with Crippen LogP contribution < -0.4 is 16.4 Å². The molecule has 2 amide bonds. The van der Waals surface area contributed by atoms with E-state index >= 15 is 0 Å². The zero-order valence-corrected chi connectivity index (χ0v) is 11.8. The Morgan fingerprint density at radius 2 is 2.00 bits per heavy atom. The van der Waals surface area contributed by atoms with E-state index in [2.05, 4.69) is 10.6 Å². The van der Waals surface area contributed by atoms with Crippen molar-refractivity contribution in [2.24, 2.45) is 5.73 Å². The summed E-state index contributed by atoms with van der Waals surface area (Å²) in [6, 6.07) is 3.92. The highest BCUT2D eigenvalue weighted by Gasteiger charge is 2.33. The van der Waals surface area contributed by atoms with Crippen molar-refractivity contribution in [3.63, 3.8) is 0 Å². The number of amides is 2. The van der Waals surface area contributed by atoms with Gasteiger partial charge in [0.25, 0.3) is 0 Å². The Hall–Kier alpha value is -1.76. The molecule has 1 atom stereocenters. The molecule has 0 saturated heterocycles. The van der Waals surface area contributed by atoms with Gasteiger partial charge in [-0.25, -0.2) is 4.79 Å². The number of halogens is 3. The number of urea groups is 1. The summed E-state index contributed by atoms with van der Waals surface area (Å²) >= 11 is 0. The van der Waals surface area contributed by atoms with E-state index in [4.69, 9.17) is 5.73 Å². The van der Waals surface area contributed by atoms with Crippen LogP contribution in [0.15, 0.2) is 24.3 Å². The molecule has 0 aliphatic carbocycles. The first-order chi connectivity index (χ1) is 9.88. The smallest absolute Gasteiger partial charge is 0.334 e. The van der Waals surface area contributed by atoms with Crippen molar-refractivity contribution in [3.05, 3.63) is 29.8 Å². The molecule has 0 saturated carbocycles. The Morgan fingerprint density at radius 1 is 1.33 bits per heavy atom. The molecule has 21 heavy (non-hydrogen) atoms. The molecule has 0 aliphatic rings. The summed E-state index contributed by atoms with van der Waals surface area (Å²) in [6.45, 7) is 2.25. The van der Waals surface area contributed by atoms with Gasteiger partial charge in [0.2, 0.25) is 0 Å². The number of alkyl halides is 3. The quantitative estimate of drug-likeness (QED) is 0.754. The van der Waals surface area contributed by atoms with Crippen LogP contribution in [-0.2, 0) is 6.18 Å². The Morgan fingerprint density at radius 3 is 2.57 bits per heavy atom. The maximum atomic E-state index is 12.8. The van der Waals surface area contributed by atoms with Gasteiger partial charge in [-0.3, -0.25) is 0 Å². The van der Waals surface area contributed by atoms with Gasteiger partial charge < -0.3 is 16.4 Å². The highest BCUT2D eigenvalue weighted by atomic mass is 19.4. The molecule has 4 N–H and O–H groups in total. The first kappa shape index (κ1) is 17.3. The van der Waals surface area contributed by atoms with Crippen LogP contribution >= 0.6 is 0 Å². The Balaban J connectivity index is 2.71. The van der Waals surface area contributed by atoms with Crippen LogP contribution in [0.4, 0.5) is 23.7 Å². The van der Waals surface area contributed by atoms with Gasteiger partial charge in [-0.15, -0.1) is 0 Å². The number of anilines is 1. The fraction of sp³-hybridized carbons (Fsp3) is 0.500. The normalized spacial score (nSPS) is 12.8. The molecule has 1 aromatic rings. The molecule has 0 fully saturated rings. The summed E-state index contributed by atoms with van der Waals surface area (Å²) in [7, 11) is 0. The number of para-hydroxylation sites is 1. The summed E-state index contributed by atoms with van der Waals surface area (Å²) in [5, 5.41) is 4.82. The average molecular weight is 303 g/mol. The molecule has 1 unspecified atom stereocenters. The zero-order valence-electron chi connectivity index (χ0n) is 11.8. The van der Waals surface area contributed by atoms with E-state index < -0.39 is 17.8 Å². The van der Waals surface area contributed by atoms with E-state index in [1.54, 1.807) is 0 Å². The van der Waals surface area contributed by atoms with Gasteiger partial charge in [-0.1, -0.05) is 31.9 Å². The molecule has 7 heteroatoms. The van der Waals surface area contributed by atoms with Gasteiger partial charge in [0.05, 0.1) is 11.3 Å². The third-order valence-corrected chi connectivity index (χ3v) is 3.01. The van der Waals surface area contributed by atoms with Gasteiger partial charge in [-0.05, 0) is 18.6 Å². The second-order valence-corrected chi connectivity index (χ2v) is 4.72. The van der Waals surface area contributed by atoms with Gasteiger partial charge in [-0.2, -0.15) is 13.2 Å². The lowest BCUT2D eigenvalue weighted by Gasteiger charge is -2.18. The van der Waals surface area contributed by atoms with E-state index in [9.17, 15) is 18.0 Å². The van der Waals surface area contributed by atoms with Crippen molar-refractivity contribution in [3.8, 4) is 0 Å². The topological polar surface area (TPSA) is 67.1 Å². The number of hydrogen-bond acceptors (Lipinski definition) is 2. The van der Waals surface area contributed by atoms with Crippen LogP contribution in [0, 0.1) is 0 Å². The van der Waals surface area contributed by atoms with Gasteiger partial charge in [0, 0.05) is 12.6 Å². The van der Waals surface area contributed by atoms with Crippen LogP contribution in [0.1, 0.15) is 31.7 Å².